The van der Waals surface area contributed by atoms with Crippen LogP contribution in [-0.4, -0.2) is 35.4 Å². The third-order valence-electron chi connectivity index (χ3n) is 3.22. The average molecular weight is 294 g/mol. The summed E-state index contributed by atoms with van der Waals surface area (Å²) in [5.74, 6) is -2.40. The molecule has 0 aliphatic heterocycles. The predicted octanol–water partition coefficient (Wildman–Crippen LogP) is 3.22. The molecule has 5 heteroatoms. The van der Waals surface area contributed by atoms with E-state index in [1.165, 1.54) is 6.07 Å². The lowest BCUT2D eigenvalue weighted by atomic mass is 9.97. The van der Waals surface area contributed by atoms with Gasteiger partial charge >= 0.3 is 11.9 Å². The van der Waals surface area contributed by atoms with Crippen LogP contribution in [0.4, 0.5) is 0 Å². The number of hydrogen-bond acceptors (Lipinski definition) is 3. The highest BCUT2D eigenvalue weighted by Crippen LogP contribution is 2.17. The first kappa shape index (κ1) is 17.2. The van der Waals surface area contributed by atoms with Gasteiger partial charge in [-0.25, -0.2) is 9.59 Å². The maximum Gasteiger partial charge on any atom is 0.336 e. The molecule has 0 saturated heterocycles. The lowest BCUT2D eigenvalue weighted by molar-refractivity contribution is 0.0650. The van der Waals surface area contributed by atoms with Gasteiger partial charge < -0.3 is 14.9 Å². The van der Waals surface area contributed by atoms with E-state index >= 15 is 0 Å². The van der Waals surface area contributed by atoms with Crippen molar-refractivity contribution in [2.75, 3.05) is 13.2 Å². The number of aromatic carboxylic acids is 2. The van der Waals surface area contributed by atoms with Crippen molar-refractivity contribution < 1.29 is 24.5 Å². The summed E-state index contributed by atoms with van der Waals surface area (Å²) >= 11 is 0. The van der Waals surface area contributed by atoms with E-state index in [4.69, 9.17) is 9.84 Å². The van der Waals surface area contributed by atoms with E-state index in [1.807, 2.05) is 0 Å². The Morgan fingerprint density at radius 1 is 1.05 bits per heavy atom. The lowest BCUT2D eigenvalue weighted by Gasteiger charge is -2.09. The topological polar surface area (TPSA) is 83.8 Å². The zero-order chi connectivity index (χ0) is 15.7. The fourth-order valence-electron chi connectivity index (χ4n) is 2.11. The molecule has 5 nitrogen and oxygen atoms in total. The van der Waals surface area contributed by atoms with Gasteiger partial charge in [-0.15, -0.1) is 0 Å². The Labute approximate surface area is 124 Å². The highest BCUT2D eigenvalue weighted by molar-refractivity contribution is 6.02. The molecule has 0 spiro atoms. The summed E-state index contributed by atoms with van der Waals surface area (Å²) in [6.45, 7) is 3.51. The summed E-state index contributed by atoms with van der Waals surface area (Å²) in [6.07, 6.45) is 4.29. The van der Waals surface area contributed by atoms with Gasteiger partial charge in [0.2, 0.25) is 0 Å². The van der Waals surface area contributed by atoms with Crippen molar-refractivity contribution >= 4 is 11.9 Å². The largest absolute Gasteiger partial charge is 0.478 e. The quantitative estimate of drug-likeness (QED) is 0.647. The zero-order valence-electron chi connectivity index (χ0n) is 12.3. The van der Waals surface area contributed by atoms with Crippen LogP contribution in [0.3, 0.4) is 0 Å². The Morgan fingerprint density at radius 2 is 1.76 bits per heavy atom. The minimum Gasteiger partial charge on any atom is -0.478 e. The number of rotatable bonds is 10. The van der Waals surface area contributed by atoms with E-state index in [0.29, 0.717) is 18.6 Å². The molecule has 1 aromatic rings. The molecule has 1 aromatic carbocycles. The van der Waals surface area contributed by atoms with Crippen molar-refractivity contribution in [2.24, 2.45) is 0 Å². The molecule has 0 atom stereocenters. The van der Waals surface area contributed by atoms with Crippen LogP contribution in [0, 0.1) is 0 Å². The molecule has 0 aliphatic carbocycles. The monoisotopic (exact) mass is 294 g/mol. The number of ether oxygens (including phenoxy) is 1. The SMILES string of the molecule is CCCCOCCCCc1cccc(C(=O)O)c1C(=O)O. The molecule has 0 radical (unpaired) electrons. The van der Waals surface area contributed by atoms with Crippen molar-refractivity contribution in [3.63, 3.8) is 0 Å². The van der Waals surface area contributed by atoms with E-state index in [-0.39, 0.29) is 11.1 Å². The van der Waals surface area contributed by atoms with Crippen LogP contribution in [0.15, 0.2) is 18.2 Å². The Morgan fingerprint density at radius 3 is 2.38 bits per heavy atom. The fraction of sp³-hybridized carbons (Fsp3) is 0.500. The van der Waals surface area contributed by atoms with Crippen molar-refractivity contribution in [3.8, 4) is 0 Å². The second-order valence-electron chi connectivity index (χ2n) is 4.87. The molecule has 21 heavy (non-hydrogen) atoms. The molecule has 116 valence electrons. The van der Waals surface area contributed by atoms with Crippen LogP contribution in [0.1, 0.15) is 58.9 Å². The van der Waals surface area contributed by atoms with Crippen LogP contribution >= 0.6 is 0 Å². The minimum absolute atomic E-state index is 0.100. The van der Waals surface area contributed by atoms with Gasteiger partial charge in [0.25, 0.3) is 0 Å². The van der Waals surface area contributed by atoms with E-state index in [9.17, 15) is 14.7 Å². The summed E-state index contributed by atoms with van der Waals surface area (Å²) in [5.41, 5.74) is 0.312. The molecule has 0 aliphatic rings. The first-order valence-corrected chi connectivity index (χ1v) is 7.24. The standard InChI is InChI=1S/C16H22O5/c1-2-3-10-21-11-5-4-7-12-8-6-9-13(15(17)18)14(12)16(19)20/h6,8-9H,2-5,7,10-11H2,1H3,(H,17,18)(H,19,20). The average Bonchev–Trinajstić information content (AvgIpc) is 2.45. The van der Waals surface area contributed by atoms with Gasteiger partial charge in [-0.1, -0.05) is 25.5 Å². The molecular formula is C16H22O5. The number of benzene rings is 1. The molecule has 0 bridgehead atoms. The molecule has 0 unspecified atom stereocenters. The number of hydrogen-bond donors (Lipinski definition) is 2. The van der Waals surface area contributed by atoms with Crippen molar-refractivity contribution in [1.82, 2.24) is 0 Å². The second-order valence-corrected chi connectivity index (χ2v) is 4.87. The van der Waals surface area contributed by atoms with Gasteiger partial charge in [-0.05, 0) is 37.3 Å². The number of carbonyl (C=O) groups is 2. The van der Waals surface area contributed by atoms with Gasteiger partial charge in [0.15, 0.2) is 0 Å². The smallest absolute Gasteiger partial charge is 0.336 e. The number of aryl methyl sites for hydroxylation is 1. The number of carboxylic acid groups (broad SMARTS) is 2. The van der Waals surface area contributed by atoms with Crippen LogP contribution < -0.4 is 0 Å². The molecular weight excluding hydrogens is 272 g/mol. The normalized spacial score (nSPS) is 10.5. The summed E-state index contributed by atoms with van der Waals surface area (Å²) in [7, 11) is 0. The Balaban J connectivity index is 2.57. The third kappa shape index (κ3) is 5.55. The summed E-state index contributed by atoms with van der Waals surface area (Å²) in [4.78, 5) is 22.3. The molecule has 2 N–H and O–H groups in total. The van der Waals surface area contributed by atoms with Crippen molar-refractivity contribution in [3.05, 3.63) is 34.9 Å². The van der Waals surface area contributed by atoms with Gasteiger partial charge in [0.05, 0.1) is 11.1 Å². The van der Waals surface area contributed by atoms with Gasteiger partial charge in [0, 0.05) is 13.2 Å². The lowest BCUT2D eigenvalue weighted by Crippen LogP contribution is -2.11. The molecule has 0 saturated carbocycles. The van der Waals surface area contributed by atoms with E-state index in [0.717, 1.165) is 32.3 Å². The highest BCUT2D eigenvalue weighted by atomic mass is 16.5. The van der Waals surface area contributed by atoms with E-state index in [2.05, 4.69) is 6.92 Å². The van der Waals surface area contributed by atoms with Crippen LogP contribution in [0.2, 0.25) is 0 Å². The first-order valence-electron chi connectivity index (χ1n) is 7.24. The van der Waals surface area contributed by atoms with Crippen molar-refractivity contribution in [1.29, 1.82) is 0 Å². The Bertz CT molecular complexity index is 482. The Kier molecular flexibility index (Phi) is 7.46. The zero-order valence-corrected chi connectivity index (χ0v) is 12.3. The number of unbranched alkanes of at least 4 members (excludes halogenated alkanes) is 2. The molecule has 1 rings (SSSR count). The molecule has 0 aromatic heterocycles. The highest BCUT2D eigenvalue weighted by Gasteiger charge is 2.19. The van der Waals surface area contributed by atoms with E-state index in [1.54, 1.807) is 12.1 Å². The van der Waals surface area contributed by atoms with Gasteiger partial charge in [-0.3, -0.25) is 0 Å². The maximum atomic E-state index is 11.3. The summed E-state index contributed by atoms with van der Waals surface area (Å²) in [6, 6.07) is 4.58. The number of carboxylic acids is 2. The van der Waals surface area contributed by atoms with Gasteiger partial charge in [0.1, 0.15) is 0 Å². The van der Waals surface area contributed by atoms with Crippen LogP contribution in [0.5, 0.6) is 0 Å². The minimum atomic E-state index is -1.21. The fourth-order valence-corrected chi connectivity index (χ4v) is 2.11. The van der Waals surface area contributed by atoms with Gasteiger partial charge in [-0.2, -0.15) is 0 Å². The van der Waals surface area contributed by atoms with Crippen LogP contribution in [-0.2, 0) is 11.2 Å². The van der Waals surface area contributed by atoms with Crippen molar-refractivity contribution in [2.45, 2.75) is 39.0 Å². The molecule has 0 fully saturated rings. The summed E-state index contributed by atoms with van der Waals surface area (Å²) in [5, 5.41) is 18.3. The summed E-state index contributed by atoms with van der Waals surface area (Å²) < 4.78 is 5.44. The predicted molar refractivity (Wildman–Crippen MR) is 79.0 cm³/mol. The van der Waals surface area contributed by atoms with Crippen LogP contribution in [0.25, 0.3) is 0 Å². The third-order valence-corrected chi connectivity index (χ3v) is 3.22. The molecule has 0 heterocycles. The second kappa shape index (κ2) is 9.13. The molecule has 0 amide bonds. The maximum absolute atomic E-state index is 11.3. The first-order chi connectivity index (χ1) is 10.1. The van der Waals surface area contributed by atoms with E-state index < -0.39 is 11.9 Å². The Hall–Kier alpha value is -1.88.